The average molecular weight is 296 g/mol. The predicted octanol–water partition coefficient (Wildman–Crippen LogP) is 2.52. The van der Waals surface area contributed by atoms with E-state index in [9.17, 15) is 0 Å². The number of nitrogens with zero attached hydrogens (tertiary/aromatic N) is 1. The van der Waals surface area contributed by atoms with Crippen LogP contribution in [0.4, 0.5) is 0 Å². The molecule has 21 heavy (non-hydrogen) atoms. The summed E-state index contributed by atoms with van der Waals surface area (Å²) >= 11 is 0. The van der Waals surface area contributed by atoms with Crippen LogP contribution in [0.25, 0.3) is 0 Å². The second kappa shape index (κ2) is 6.95. The van der Waals surface area contributed by atoms with Gasteiger partial charge in [-0.2, -0.15) is 0 Å². The Morgan fingerprint density at radius 3 is 2.48 bits per heavy atom. The van der Waals surface area contributed by atoms with Gasteiger partial charge in [-0.1, -0.05) is 13.8 Å². The van der Waals surface area contributed by atoms with E-state index in [-0.39, 0.29) is 5.79 Å². The summed E-state index contributed by atoms with van der Waals surface area (Å²) in [6, 6.07) is 2.00. The summed E-state index contributed by atoms with van der Waals surface area (Å²) in [5.41, 5.74) is 0. The quantitative estimate of drug-likeness (QED) is 0.783. The molecular weight excluding hydrogens is 264 g/mol. The Balaban J connectivity index is 1.71. The lowest BCUT2D eigenvalue weighted by molar-refractivity contribution is -0.194. The Morgan fingerprint density at radius 2 is 1.86 bits per heavy atom. The summed E-state index contributed by atoms with van der Waals surface area (Å²) < 4.78 is 12.0. The molecule has 3 rings (SSSR count). The maximum atomic E-state index is 6.02. The molecule has 1 aliphatic heterocycles. The van der Waals surface area contributed by atoms with E-state index in [1.165, 1.54) is 38.6 Å². The molecule has 3 fully saturated rings. The molecule has 0 radical (unpaired) electrons. The molecule has 0 aromatic carbocycles. The number of rotatable bonds is 7. The van der Waals surface area contributed by atoms with Crippen LogP contribution in [0.15, 0.2) is 0 Å². The minimum absolute atomic E-state index is 0.268. The van der Waals surface area contributed by atoms with Gasteiger partial charge >= 0.3 is 0 Å². The van der Waals surface area contributed by atoms with Gasteiger partial charge in [0.05, 0.1) is 13.2 Å². The van der Waals surface area contributed by atoms with E-state index in [1.807, 2.05) is 0 Å². The van der Waals surface area contributed by atoms with Crippen molar-refractivity contribution in [3.8, 4) is 0 Å². The van der Waals surface area contributed by atoms with Crippen LogP contribution in [-0.4, -0.2) is 55.1 Å². The number of hydrogen-bond acceptors (Lipinski definition) is 4. The van der Waals surface area contributed by atoms with Crippen LogP contribution in [0.3, 0.4) is 0 Å². The molecule has 1 heterocycles. The average Bonchev–Trinajstić information content (AvgIpc) is 3.25. The van der Waals surface area contributed by atoms with Crippen LogP contribution in [0, 0.1) is 0 Å². The Morgan fingerprint density at radius 1 is 1.10 bits per heavy atom. The van der Waals surface area contributed by atoms with Crippen LogP contribution in [0.5, 0.6) is 0 Å². The summed E-state index contributed by atoms with van der Waals surface area (Å²) in [5.74, 6) is -0.268. The highest BCUT2D eigenvalue weighted by atomic mass is 16.7. The first-order valence-corrected chi connectivity index (χ1v) is 9.05. The largest absolute Gasteiger partial charge is 0.347 e. The van der Waals surface area contributed by atoms with Gasteiger partial charge in [-0.15, -0.1) is 0 Å². The van der Waals surface area contributed by atoms with Gasteiger partial charge in [-0.3, -0.25) is 4.90 Å². The molecule has 1 spiro atoms. The summed E-state index contributed by atoms with van der Waals surface area (Å²) in [4.78, 5) is 2.76. The van der Waals surface area contributed by atoms with Crippen LogP contribution < -0.4 is 5.32 Å². The molecule has 0 aromatic rings. The standard InChI is InChI=1S/C17H32N2O2/c1-3-9-18-15-7-8-17(20-11-12-21-17)13-16(15)19(10-4-2)14-5-6-14/h14-16,18H,3-13H2,1-2H3. The molecule has 2 saturated carbocycles. The van der Waals surface area contributed by atoms with Gasteiger partial charge in [0.15, 0.2) is 5.79 Å². The minimum atomic E-state index is -0.268. The molecule has 0 aromatic heterocycles. The van der Waals surface area contributed by atoms with Crippen LogP contribution >= 0.6 is 0 Å². The Bertz CT molecular complexity index is 327. The zero-order valence-corrected chi connectivity index (χ0v) is 13.8. The first-order chi connectivity index (χ1) is 10.3. The van der Waals surface area contributed by atoms with E-state index in [1.54, 1.807) is 0 Å². The topological polar surface area (TPSA) is 33.7 Å². The van der Waals surface area contributed by atoms with Gasteiger partial charge in [0.2, 0.25) is 0 Å². The second-order valence-electron chi connectivity index (χ2n) is 6.95. The van der Waals surface area contributed by atoms with Crippen molar-refractivity contribution >= 4 is 0 Å². The maximum Gasteiger partial charge on any atom is 0.170 e. The molecule has 2 atom stereocenters. The number of hydrogen-bond donors (Lipinski definition) is 1. The molecule has 4 heteroatoms. The number of nitrogens with one attached hydrogen (secondary N) is 1. The van der Waals surface area contributed by atoms with E-state index in [0.717, 1.165) is 38.6 Å². The zero-order valence-electron chi connectivity index (χ0n) is 13.8. The van der Waals surface area contributed by atoms with Crippen molar-refractivity contribution in [3.63, 3.8) is 0 Å². The summed E-state index contributed by atoms with van der Waals surface area (Å²) in [6.45, 7) is 8.44. The highest BCUT2D eigenvalue weighted by molar-refractivity contribution is 5.00. The van der Waals surface area contributed by atoms with Gasteiger partial charge in [0, 0.05) is 31.0 Å². The minimum Gasteiger partial charge on any atom is -0.347 e. The molecule has 1 saturated heterocycles. The molecule has 0 bridgehead atoms. The van der Waals surface area contributed by atoms with Crippen molar-refractivity contribution in [3.05, 3.63) is 0 Å². The third kappa shape index (κ3) is 3.61. The molecule has 122 valence electrons. The molecule has 2 unspecified atom stereocenters. The smallest absolute Gasteiger partial charge is 0.170 e. The Hall–Kier alpha value is -0.160. The second-order valence-corrected chi connectivity index (χ2v) is 6.95. The van der Waals surface area contributed by atoms with Gasteiger partial charge in [0.1, 0.15) is 0 Å². The van der Waals surface area contributed by atoms with Crippen molar-refractivity contribution < 1.29 is 9.47 Å². The van der Waals surface area contributed by atoms with Crippen LogP contribution in [-0.2, 0) is 9.47 Å². The van der Waals surface area contributed by atoms with Crippen LogP contribution in [0.1, 0.15) is 58.8 Å². The lowest BCUT2D eigenvalue weighted by Gasteiger charge is -2.46. The zero-order chi connectivity index (χ0) is 14.7. The summed E-state index contributed by atoms with van der Waals surface area (Å²) in [5, 5.41) is 3.80. The Labute approximate surface area is 129 Å². The van der Waals surface area contributed by atoms with E-state index in [4.69, 9.17) is 9.47 Å². The van der Waals surface area contributed by atoms with E-state index < -0.39 is 0 Å². The maximum absolute atomic E-state index is 6.02. The van der Waals surface area contributed by atoms with Crippen molar-refractivity contribution in [2.75, 3.05) is 26.3 Å². The molecule has 0 amide bonds. The third-order valence-corrected chi connectivity index (χ3v) is 5.21. The molecule has 4 nitrogen and oxygen atoms in total. The summed E-state index contributed by atoms with van der Waals surface area (Å²) in [7, 11) is 0. The summed E-state index contributed by atoms with van der Waals surface area (Å²) in [6.07, 6.45) is 8.48. The van der Waals surface area contributed by atoms with Crippen molar-refractivity contribution in [1.29, 1.82) is 0 Å². The van der Waals surface area contributed by atoms with E-state index in [0.29, 0.717) is 12.1 Å². The van der Waals surface area contributed by atoms with Gasteiger partial charge in [-0.25, -0.2) is 0 Å². The van der Waals surface area contributed by atoms with E-state index >= 15 is 0 Å². The van der Waals surface area contributed by atoms with Gasteiger partial charge < -0.3 is 14.8 Å². The molecule has 2 aliphatic carbocycles. The van der Waals surface area contributed by atoms with Crippen molar-refractivity contribution in [2.24, 2.45) is 0 Å². The number of ether oxygens (including phenoxy) is 2. The van der Waals surface area contributed by atoms with E-state index in [2.05, 4.69) is 24.1 Å². The predicted molar refractivity (Wildman–Crippen MR) is 84.4 cm³/mol. The van der Waals surface area contributed by atoms with Gasteiger partial charge in [0.25, 0.3) is 0 Å². The first-order valence-electron chi connectivity index (χ1n) is 9.05. The van der Waals surface area contributed by atoms with Gasteiger partial charge in [-0.05, 0) is 45.2 Å². The molecular formula is C17H32N2O2. The molecule has 1 N–H and O–H groups in total. The van der Waals surface area contributed by atoms with Crippen LogP contribution in [0.2, 0.25) is 0 Å². The normalized spacial score (nSPS) is 32.1. The fourth-order valence-electron chi connectivity index (χ4n) is 4.09. The fourth-order valence-corrected chi connectivity index (χ4v) is 4.09. The lowest BCUT2D eigenvalue weighted by atomic mass is 9.84. The monoisotopic (exact) mass is 296 g/mol. The Kier molecular flexibility index (Phi) is 5.20. The SMILES string of the molecule is CCCNC1CCC2(CC1N(CCC)C1CC1)OCCO2. The lowest BCUT2D eigenvalue weighted by Crippen LogP contribution is -2.58. The molecule has 3 aliphatic rings. The first kappa shape index (κ1) is 15.7. The fraction of sp³-hybridized carbons (Fsp3) is 1.00. The third-order valence-electron chi connectivity index (χ3n) is 5.21. The van der Waals surface area contributed by atoms with Crippen molar-refractivity contribution in [1.82, 2.24) is 10.2 Å². The van der Waals surface area contributed by atoms with Crippen molar-refractivity contribution in [2.45, 2.75) is 82.7 Å². The highest BCUT2D eigenvalue weighted by Crippen LogP contribution is 2.41. The highest BCUT2D eigenvalue weighted by Gasteiger charge is 2.48.